The van der Waals surface area contributed by atoms with Crippen LogP contribution in [0.2, 0.25) is 0 Å². The highest BCUT2D eigenvalue weighted by molar-refractivity contribution is 6.19. The Hall–Kier alpha value is -2.11. The van der Waals surface area contributed by atoms with Gasteiger partial charge < -0.3 is 9.55 Å². The number of methoxy groups -OCH3 is 1. The molecule has 0 N–H and O–H groups in total. The fourth-order valence-electron chi connectivity index (χ4n) is 3.35. The molecule has 3 rings (SSSR count). The summed E-state index contributed by atoms with van der Waals surface area (Å²) >= 11 is 0. The summed E-state index contributed by atoms with van der Waals surface area (Å²) in [6, 6.07) is 11.3. The molecule has 2 aromatic carbocycles. The van der Waals surface area contributed by atoms with Gasteiger partial charge in [-0.3, -0.25) is 0 Å². The Morgan fingerprint density at radius 1 is 1.17 bits per heavy atom. The van der Waals surface area contributed by atoms with E-state index in [9.17, 15) is 13.2 Å². The summed E-state index contributed by atoms with van der Waals surface area (Å²) in [5.41, 5.74) is 1.53. The Balaban J connectivity index is 2.14. The summed E-state index contributed by atoms with van der Waals surface area (Å²) in [4.78, 5) is 2.06. The van der Waals surface area contributed by atoms with E-state index in [-0.39, 0.29) is 0 Å². The molecule has 0 radical (unpaired) electrons. The van der Waals surface area contributed by atoms with E-state index in [1.807, 2.05) is 33.1 Å². The van der Waals surface area contributed by atoms with Crippen molar-refractivity contribution < 1.29 is 17.9 Å². The molecule has 0 aliphatic carbocycles. The van der Waals surface area contributed by atoms with Crippen molar-refractivity contribution in [2.24, 2.45) is 0 Å². The Kier molecular flexibility index (Phi) is 3.58. The number of hydrogen-bond acceptors (Lipinski definition) is 2. The lowest BCUT2D eigenvalue weighted by Crippen LogP contribution is -2.30. The van der Waals surface area contributed by atoms with Crippen LogP contribution in [0.1, 0.15) is 23.6 Å². The van der Waals surface area contributed by atoms with Gasteiger partial charge in [0.15, 0.2) is 0 Å². The van der Waals surface area contributed by atoms with Gasteiger partial charge in [-0.2, -0.15) is 13.2 Å². The van der Waals surface area contributed by atoms with E-state index in [0.29, 0.717) is 17.9 Å². The highest BCUT2D eigenvalue weighted by Gasteiger charge is 2.40. The average molecular weight is 319 g/mol. The van der Waals surface area contributed by atoms with Crippen LogP contribution in [0, 0.1) is 0 Å². The summed E-state index contributed by atoms with van der Waals surface area (Å²) in [5, 5.41) is 0. The second kappa shape index (κ2) is 5.22. The van der Waals surface area contributed by atoms with Crippen LogP contribution in [-0.2, 0) is 11.6 Å². The van der Waals surface area contributed by atoms with Crippen molar-refractivity contribution in [3.8, 4) is 5.75 Å². The van der Waals surface area contributed by atoms with E-state index in [1.54, 1.807) is 13.2 Å². The first kappa shape index (κ1) is 15.8. The SMILES string of the molecule is BN1CC(C)(c2cccc(C(F)(F)F)c2)c2cc(OC)ccc21. The quantitative estimate of drug-likeness (QED) is 0.787. The van der Waals surface area contributed by atoms with Crippen LogP contribution in [0.3, 0.4) is 0 Å². The monoisotopic (exact) mass is 319 g/mol. The van der Waals surface area contributed by atoms with Crippen LogP contribution in [0.15, 0.2) is 42.5 Å². The molecule has 0 amide bonds. The first-order valence-corrected chi connectivity index (χ1v) is 7.33. The van der Waals surface area contributed by atoms with E-state index in [4.69, 9.17) is 4.74 Å². The summed E-state index contributed by atoms with van der Waals surface area (Å²) < 4.78 is 44.4. The number of benzene rings is 2. The summed E-state index contributed by atoms with van der Waals surface area (Å²) in [5.74, 6) is 0.706. The largest absolute Gasteiger partial charge is 0.497 e. The smallest absolute Gasteiger partial charge is 0.416 e. The predicted molar refractivity (Wildman–Crippen MR) is 86.8 cm³/mol. The van der Waals surface area contributed by atoms with Crippen LogP contribution in [0.4, 0.5) is 18.9 Å². The van der Waals surface area contributed by atoms with Crippen LogP contribution < -0.4 is 9.55 Å². The maximum absolute atomic E-state index is 13.0. The number of rotatable bonds is 2. The van der Waals surface area contributed by atoms with Gasteiger partial charge in [0.2, 0.25) is 7.98 Å². The molecule has 2 nitrogen and oxygen atoms in total. The third kappa shape index (κ3) is 2.56. The number of halogens is 3. The number of anilines is 1. The van der Waals surface area contributed by atoms with Crippen LogP contribution >= 0.6 is 0 Å². The molecule has 0 saturated heterocycles. The van der Waals surface area contributed by atoms with Crippen molar-refractivity contribution in [1.82, 2.24) is 0 Å². The summed E-state index contributed by atoms with van der Waals surface area (Å²) in [6.45, 7) is 2.60. The van der Waals surface area contributed by atoms with E-state index < -0.39 is 17.2 Å². The second-order valence-corrected chi connectivity index (χ2v) is 6.15. The standard InChI is InChI=1S/C17H17BF3NO/c1-16(11-4-3-5-12(8-11)17(19,20)21)10-22(18)15-7-6-13(23-2)9-14(15)16/h3-9H,10,18H2,1-2H3. The van der Waals surface area contributed by atoms with Gasteiger partial charge in [-0.05, 0) is 42.3 Å². The van der Waals surface area contributed by atoms with Crippen molar-refractivity contribution >= 4 is 13.7 Å². The van der Waals surface area contributed by atoms with E-state index in [1.165, 1.54) is 12.1 Å². The van der Waals surface area contributed by atoms with Crippen molar-refractivity contribution in [2.45, 2.75) is 18.5 Å². The number of nitrogens with zero attached hydrogens (tertiary/aromatic N) is 1. The minimum Gasteiger partial charge on any atom is -0.497 e. The zero-order valence-electron chi connectivity index (χ0n) is 13.2. The fraction of sp³-hybridized carbons (Fsp3) is 0.294. The third-order valence-electron chi connectivity index (χ3n) is 4.59. The van der Waals surface area contributed by atoms with Crippen molar-refractivity contribution in [1.29, 1.82) is 0 Å². The Morgan fingerprint density at radius 3 is 2.57 bits per heavy atom. The van der Waals surface area contributed by atoms with Gasteiger partial charge in [0.05, 0.1) is 12.7 Å². The van der Waals surface area contributed by atoms with Crippen LogP contribution in [-0.4, -0.2) is 21.6 Å². The maximum atomic E-state index is 13.0. The predicted octanol–water partition coefficient (Wildman–Crippen LogP) is 3.39. The molecule has 0 spiro atoms. The molecule has 1 atom stereocenters. The number of fused-ring (bicyclic) bond motifs is 1. The second-order valence-electron chi connectivity index (χ2n) is 6.15. The zero-order valence-corrected chi connectivity index (χ0v) is 13.2. The van der Waals surface area contributed by atoms with E-state index in [2.05, 4.69) is 4.81 Å². The summed E-state index contributed by atoms with van der Waals surface area (Å²) in [7, 11) is 3.53. The molecule has 1 aliphatic heterocycles. The van der Waals surface area contributed by atoms with Gasteiger partial charge in [0.25, 0.3) is 0 Å². The molecule has 23 heavy (non-hydrogen) atoms. The van der Waals surface area contributed by atoms with E-state index in [0.717, 1.165) is 17.3 Å². The van der Waals surface area contributed by atoms with Gasteiger partial charge in [0, 0.05) is 17.6 Å². The fourth-order valence-corrected chi connectivity index (χ4v) is 3.35. The minimum atomic E-state index is -4.34. The Bertz CT molecular complexity index is 747. The molecule has 0 saturated carbocycles. The van der Waals surface area contributed by atoms with Crippen molar-refractivity contribution in [2.75, 3.05) is 18.5 Å². The van der Waals surface area contributed by atoms with Gasteiger partial charge in [0.1, 0.15) is 5.75 Å². The van der Waals surface area contributed by atoms with Crippen LogP contribution in [0.25, 0.3) is 0 Å². The lowest BCUT2D eigenvalue weighted by Gasteiger charge is -2.27. The molecule has 0 fully saturated rings. The topological polar surface area (TPSA) is 12.5 Å². The molecule has 1 aliphatic rings. The molecular weight excluding hydrogens is 302 g/mol. The lowest BCUT2D eigenvalue weighted by atomic mass is 9.77. The minimum absolute atomic E-state index is 0.514. The zero-order chi connectivity index (χ0) is 16.8. The normalized spacial score (nSPS) is 20.5. The molecule has 0 aromatic heterocycles. The molecule has 120 valence electrons. The number of alkyl halides is 3. The average Bonchev–Trinajstić information content (AvgIpc) is 2.78. The van der Waals surface area contributed by atoms with Gasteiger partial charge in [-0.25, -0.2) is 0 Å². The lowest BCUT2D eigenvalue weighted by molar-refractivity contribution is -0.137. The number of hydrogen-bond donors (Lipinski definition) is 0. The van der Waals surface area contributed by atoms with Gasteiger partial charge in [-0.15, -0.1) is 0 Å². The number of ether oxygens (including phenoxy) is 1. The Labute approximate surface area is 134 Å². The highest BCUT2D eigenvalue weighted by atomic mass is 19.4. The maximum Gasteiger partial charge on any atom is 0.416 e. The Morgan fingerprint density at radius 2 is 1.91 bits per heavy atom. The first-order chi connectivity index (χ1) is 10.8. The van der Waals surface area contributed by atoms with Crippen LogP contribution in [0.5, 0.6) is 5.75 Å². The molecule has 6 heteroatoms. The molecule has 0 bridgehead atoms. The first-order valence-electron chi connectivity index (χ1n) is 7.33. The van der Waals surface area contributed by atoms with Gasteiger partial charge >= 0.3 is 6.18 Å². The highest BCUT2D eigenvalue weighted by Crippen LogP contribution is 2.46. The molecule has 1 unspecified atom stereocenters. The van der Waals surface area contributed by atoms with E-state index >= 15 is 0 Å². The third-order valence-corrected chi connectivity index (χ3v) is 4.59. The van der Waals surface area contributed by atoms with Crippen molar-refractivity contribution in [3.05, 3.63) is 59.2 Å². The molecular formula is C17H17BF3NO. The summed E-state index contributed by atoms with van der Waals surface area (Å²) in [6.07, 6.45) is -4.34. The molecule has 2 aromatic rings. The molecule has 1 heterocycles. The van der Waals surface area contributed by atoms with Crippen molar-refractivity contribution in [3.63, 3.8) is 0 Å². The van der Waals surface area contributed by atoms with Gasteiger partial charge in [-0.1, -0.05) is 18.2 Å².